The first kappa shape index (κ1) is 20.5. The Labute approximate surface area is 176 Å². The van der Waals surface area contributed by atoms with Gasteiger partial charge in [-0.25, -0.2) is 9.18 Å². The van der Waals surface area contributed by atoms with Crippen LogP contribution in [0, 0.1) is 11.6 Å². The summed E-state index contributed by atoms with van der Waals surface area (Å²) in [5, 5.41) is 1.36. The number of carbonyl (C=O) groups excluding carboxylic acids is 1. The Morgan fingerprint density at radius 2 is 1.81 bits per heavy atom. The van der Waals surface area contributed by atoms with E-state index in [1.807, 2.05) is 32.0 Å². The summed E-state index contributed by atoms with van der Waals surface area (Å²) in [5.74, 6) is -3.35. The first-order valence-electron chi connectivity index (χ1n) is 9.95. The molecule has 0 saturated heterocycles. The van der Waals surface area contributed by atoms with Gasteiger partial charge in [0.2, 0.25) is 11.2 Å². The average Bonchev–Trinajstić information content (AvgIpc) is 2.79. The zero-order valence-electron chi connectivity index (χ0n) is 17.2. The van der Waals surface area contributed by atoms with Gasteiger partial charge in [-0.2, -0.15) is 4.39 Å². The second kappa shape index (κ2) is 7.83. The van der Waals surface area contributed by atoms with Crippen LogP contribution in [0.3, 0.4) is 0 Å². The Balaban J connectivity index is 0.00000112. The molecule has 0 saturated carbocycles. The van der Waals surface area contributed by atoms with Crippen molar-refractivity contribution in [2.24, 2.45) is 0 Å². The molecule has 0 bridgehead atoms. The molecule has 0 spiro atoms. The van der Waals surface area contributed by atoms with E-state index in [0.29, 0.717) is 16.8 Å². The minimum absolute atomic E-state index is 0.0599. The molecule has 1 aromatic heterocycles. The van der Waals surface area contributed by atoms with Gasteiger partial charge >= 0.3 is 5.97 Å². The van der Waals surface area contributed by atoms with Crippen molar-refractivity contribution in [1.82, 2.24) is 4.57 Å². The summed E-state index contributed by atoms with van der Waals surface area (Å²) >= 11 is 0. The van der Waals surface area contributed by atoms with Crippen LogP contribution in [-0.2, 0) is 4.74 Å². The third-order valence-electron chi connectivity index (χ3n) is 4.96. The molecule has 5 nitrogen and oxygen atoms in total. The Bertz CT molecular complexity index is 1410. The smallest absolute Gasteiger partial charge is 0.343 e. The number of aromatic nitrogens is 1. The van der Waals surface area contributed by atoms with E-state index in [0.717, 1.165) is 11.5 Å². The maximum atomic E-state index is 14.6. The van der Waals surface area contributed by atoms with Crippen molar-refractivity contribution >= 4 is 27.6 Å². The van der Waals surface area contributed by atoms with Gasteiger partial charge in [-0.3, -0.25) is 4.79 Å². The predicted molar refractivity (Wildman–Crippen MR) is 114 cm³/mol. The van der Waals surface area contributed by atoms with Gasteiger partial charge in [-0.1, -0.05) is 44.2 Å². The highest BCUT2D eigenvalue weighted by Crippen LogP contribution is 2.45. The number of fused-ring (bicyclic) bond motifs is 4. The number of hydrogen-bond acceptors (Lipinski definition) is 4. The topological polar surface area (TPSA) is 57.5 Å². The minimum atomic E-state index is -1.24. The number of esters is 1. The van der Waals surface area contributed by atoms with Crippen LogP contribution in [0.1, 0.15) is 31.1 Å². The maximum Gasteiger partial charge on any atom is 0.343 e. The molecule has 0 unspecified atom stereocenters. The van der Waals surface area contributed by atoms with E-state index in [1.54, 1.807) is 25.1 Å². The fourth-order valence-corrected chi connectivity index (χ4v) is 3.67. The van der Waals surface area contributed by atoms with Gasteiger partial charge in [0, 0.05) is 11.6 Å². The molecular weight excluding hydrogens is 404 g/mol. The number of rotatable bonds is 2. The zero-order valence-corrected chi connectivity index (χ0v) is 17.2. The number of halogens is 2. The molecule has 0 N–H and O–H groups in total. The maximum absolute atomic E-state index is 14.6. The predicted octanol–water partition coefficient (Wildman–Crippen LogP) is 5.73. The monoisotopic (exact) mass is 423 g/mol. The molecule has 4 aromatic rings. The Morgan fingerprint density at radius 1 is 1.06 bits per heavy atom. The standard InChI is InChI=1S/C22H13F2NO4.C2H6/c1-2-28-22(27)14-10-25-16-8-7-11-5-3-4-6-12(11)20(16)29-21-17(24)15(23)9-13(18(21)25)19(14)26;1-2/h3-10H,2H2,1H3;1-2H3. The van der Waals surface area contributed by atoms with Crippen molar-refractivity contribution in [3.63, 3.8) is 0 Å². The van der Waals surface area contributed by atoms with Gasteiger partial charge in [0.05, 0.1) is 17.7 Å². The first-order valence-corrected chi connectivity index (χ1v) is 9.95. The summed E-state index contributed by atoms with van der Waals surface area (Å²) in [7, 11) is 0. The molecule has 0 amide bonds. The minimum Gasteiger partial charge on any atom is -0.462 e. The molecule has 0 atom stereocenters. The lowest BCUT2D eigenvalue weighted by Crippen LogP contribution is -2.22. The highest BCUT2D eigenvalue weighted by Gasteiger charge is 2.29. The van der Waals surface area contributed by atoms with Gasteiger partial charge in [0.15, 0.2) is 17.3 Å². The highest BCUT2D eigenvalue weighted by atomic mass is 19.2. The quantitative estimate of drug-likeness (QED) is 0.340. The van der Waals surface area contributed by atoms with Gasteiger partial charge in [0.25, 0.3) is 0 Å². The molecule has 3 aromatic carbocycles. The number of hydrogen-bond donors (Lipinski definition) is 0. The summed E-state index contributed by atoms with van der Waals surface area (Å²) < 4.78 is 41.2. The van der Waals surface area contributed by atoms with Crippen LogP contribution in [0.4, 0.5) is 8.78 Å². The number of ether oxygens (including phenoxy) is 2. The second-order valence-electron chi connectivity index (χ2n) is 6.60. The van der Waals surface area contributed by atoms with Gasteiger partial charge < -0.3 is 14.0 Å². The van der Waals surface area contributed by atoms with Crippen molar-refractivity contribution < 1.29 is 23.0 Å². The molecule has 31 heavy (non-hydrogen) atoms. The molecular formula is C24H19F2NO4. The molecule has 1 aliphatic rings. The number of carbonyl (C=O) groups is 1. The van der Waals surface area contributed by atoms with Crippen LogP contribution >= 0.6 is 0 Å². The van der Waals surface area contributed by atoms with Crippen molar-refractivity contribution in [3.05, 3.63) is 76.1 Å². The fourth-order valence-electron chi connectivity index (χ4n) is 3.67. The van der Waals surface area contributed by atoms with E-state index in [9.17, 15) is 18.4 Å². The summed E-state index contributed by atoms with van der Waals surface area (Å²) in [6, 6.07) is 11.7. The van der Waals surface area contributed by atoms with Crippen molar-refractivity contribution in [1.29, 1.82) is 0 Å². The van der Waals surface area contributed by atoms with Crippen LogP contribution in [0.25, 0.3) is 27.4 Å². The third-order valence-corrected chi connectivity index (χ3v) is 4.96. The zero-order chi connectivity index (χ0) is 22.3. The Hall–Kier alpha value is -3.74. The molecule has 7 heteroatoms. The lowest BCUT2D eigenvalue weighted by molar-refractivity contribution is 0.0524. The highest BCUT2D eigenvalue weighted by molar-refractivity contribution is 5.99. The van der Waals surface area contributed by atoms with E-state index >= 15 is 0 Å². The summed E-state index contributed by atoms with van der Waals surface area (Å²) in [6.45, 7) is 5.69. The third kappa shape index (κ3) is 3.04. The van der Waals surface area contributed by atoms with Gasteiger partial charge in [0.1, 0.15) is 11.1 Å². The molecule has 0 aliphatic carbocycles. The van der Waals surface area contributed by atoms with Crippen molar-refractivity contribution in [2.45, 2.75) is 20.8 Å². The summed E-state index contributed by atoms with van der Waals surface area (Å²) in [6.07, 6.45) is 1.29. The van der Waals surface area contributed by atoms with E-state index in [2.05, 4.69) is 0 Å². The van der Waals surface area contributed by atoms with E-state index in [4.69, 9.17) is 9.47 Å². The molecule has 0 radical (unpaired) electrons. The van der Waals surface area contributed by atoms with Gasteiger partial charge in [-0.05, 0) is 24.4 Å². The van der Waals surface area contributed by atoms with E-state index in [-0.39, 0.29) is 23.1 Å². The molecule has 1 aliphatic heterocycles. The lowest BCUT2D eigenvalue weighted by Gasteiger charge is -2.25. The van der Waals surface area contributed by atoms with Crippen LogP contribution in [-0.4, -0.2) is 17.1 Å². The Kier molecular flexibility index (Phi) is 5.19. The Morgan fingerprint density at radius 3 is 2.55 bits per heavy atom. The molecule has 5 rings (SSSR count). The van der Waals surface area contributed by atoms with Crippen LogP contribution < -0.4 is 10.2 Å². The second-order valence-corrected chi connectivity index (χ2v) is 6.60. The van der Waals surface area contributed by atoms with E-state index in [1.165, 1.54) is 10.8 Å². The van der Waals surface area contributed by atoms with Crippen LogP contribution in [0.5, 0.6) is 11.5 Å². The fraction of sp³-hybridized carbons (Fsp3) is 0.167. The van der Waals surface area contributed by atoms with Crippen LogP contribution in [0.2, 0.25) is 0 Å². The summed E-state index contributed by atoms with van der Waals surface area (Å²) in [4.78, 5) is 25.1. The number of nitrogens with zero attached hydrogens (tertiary/aromatic N) is 1. The van der Waals surface area contributed by atoms with Crippen molar-refractivity contribution in [2.75, 3.05) is 6.61 Å². The lowest BCUT2D eigenvalue weighted by atomic mass is 10.0. The van der Waals surface area contributed by atoms with Crippen molar-refractivity contribution in [3.8, 4) is 17.2 Å². The number of pyridine rings is 1. The number of benzene rings is 3. The van der Waals surface area contributed by atoms with Gasteiger partial charge in [-0.15, -0.1) is 0 Å². The SMILES string of the molecule is CC.CCOC(=O)c1cn2c3c(c(F)c(F)cc3c1=O)Oc1c-2ccc2ccccc12. The molecule has 158 valence electrons. The van der Waals surface area contributed by atoms with E-state index < -0.39 is 28.8 Å². The molecule has 2 heterocycles. The summed E-state index contributed by atoms with van der Waals surface area (Å²) in [5.41, 5.74) is -0.456. The normalized spacial score (nSPS) is 11.4. The first-order chi connectivity index (χ1) is 15.0. The molecule has 0 fully saturated rings. The van der Waals surface area contributed by atoms with Crippen LogP contribution in [0.15, 0.2) is 53.5 Å². The largest absolute Gasteiger partial charge is 0.462 e. The average molecular weight is 423 g/mol.